The standard InChI is InChI=1S/C48H52GeN/c1-27-19-31(5)43(32(6)20-27)39-15-13-16-40(44-33(7)21-28(2)22-34(44)8)47(39)49(50)48-41(45-35(9)23-29(3)24-36(45)10)17-14-18-42(48)46-37(11)25-30(4)26-38(46)12/h13-26H,50H2,1-12H3. The molecule has 6 aromatic rings. The first-order valence-electron chi connectivity index (χ1n) is 17.9. The van der Waals surface area contributed by atoms with Crippen molar-refractivity contribution in [1.82, 2.24) is 0 Å². The quantitative estimate of drug-likeness (QED) is 0.171. The van der Waals surface area contributed by atoms with E-state index in [0.29, 0.717) is 0 Å². The minimum absolute atomic E-state index is 1.28. The summed E-state index contributed by atoms with van der Waals surface area (Å²) in [6, 6.07) is 32.5. The van der Waals surface area contributed by atoms with Gasteiger partial charge in [-0.05, 0) is 0 Å². The Morgan fingerprint density at radius 2 is 0.500 bits per heavy atom. The van der Waals surface area contributed by atoms with Gasteiger partial charge in [-0.1, -0.05) is 0 Å². The van der Waals surface area contributed by atoms with Gasteiger partial charge in [-0.3, -0.25) is 0 Å². The molecule has 6 aromatic carbocycles. The predicted molar refractivity (Wildman–Crippen MR) is 221 cm³/mol. The van der Waals surface area contributed by atoms with Crippen molar-refractivity contribution in [2.75, 3.05) is 0 Å². The van der Waals surface area contributed by atoms with E-state index in [-0.39, 0.29) is 0 Å². The van der Waals surface area contributed by atoms with Crippen LogP contribution < -0.4 is 13.5 Å². The molecule has 0 aliphatic heterocycles. The number of aryl methyl sites for hydroxylation is 12. The summed E-state index contributed by atoms with van der Waals surface area (Å²) in [5, 5.41) is 0. The van der Waals surface area contributed by atoms with E-state index in [2.05, 4.69) is 168 Å². The van der Waals surface area contributed by atoms with Crippen molar-refractivity contribution in [2.45, 2.75) is 83.1 Å². The SMILES string of the molecule is Cc1cc(C)c(-c2cccc(-c3c(C)cc(C)cc3C)[c]2[Ge]([NH2])[c]2c(-c3c(C)cc(C)cc3C)cccc2-c2c(C)cc(C)cc2C)c(C)c1. The average molecular weight is 716 g/mol. The molecule has 0 unspecified atom stereocenters. The molecule has 0 saturated heterocycles. The van der Waals surface area contributed by atoms with E-state index in [4.69, 9.17) is 4.69 Å². The van der Waals surface area contributed by atoms with Crippen LogP contribution in [0.25, 0.3) is 44.5 Å². The molecule has 1 nitrogen and oxygen atoms in total. The molecule has 6 rings (SSSR count). The zero-order valence-electron chi connectivity index (χ0n) is 32.2. The second kappa shape index (κ2) is 13.9. The van der Waals surface area contributed by atoms with Crippen LogP contribution in [-0.2, 0) is 0 Å². The van der Waals surface area contributed by atoms with E-state index in [9.17, 15) is 0 Å². The average Bonchev–Trinajstić information content (AvgIpc) is 2.99. The van der Waals surface area contributed by atoms with Crippen LogP contribution in [0.4, 0.5) is 0 Å². The number of hydrogen-bond donors (Lipinski definition) is 1. The molecule has 0 atom stereocenters. The Kier molecular flexibility index (Phi) is 9.88. The Balaban J connectivity index is 1.81. The van der Waals surface area contributed by atoms with Crippen LogP contribution in [-0.4, -0.2) is 14.6 Å². The third kappa shape index (κ3) is 6.43. The Bertz CT molecular complexity index is 1900. The van der Waals surface area contributed by atoms with Crippen LogP contribution in [0.15, 0.2) is 84.9 Å². The molecular weight excluding hydrogens is 663 g/mol. The van der Waals surface area contributed by atoms with Gasteiger partial charge in [0.25, 0.3) is 0 Å². The van der Waals surface area contributed by atoms with Gasteiger partial charge >= 0.3 is 307 Å². The van der Waals surface area contributed by atoms with Crippen LogP contribution in [0.5, 0.6) is 0 Å². The summed E-state index contributed by atoms with van der Waals surface area (Å²) in [5.41, 5.74) is 25.9. The number of nitrogens with two attached hydrogens (primary N) is 1. The molecule has 2 heteroatoms. The Hall–Kier alpha value is -4.18. The van der Waals surface area contributed by atoms with Crippen LogP contribution in [0.1, 0.15) is 66.8 Å². The van der Waals surface area contributed by atoms with E-state index < -0.39 is 14.6 Å². The van der Waals surface area contributed by atoms with Gasteiger partial charge in [0.2, 0.25) is 0 Å². The number of benzene rings is 6. The van der Waals surface area contributed by atoms with E-state index >= 15 is 0 Å². The van der Waals surface area contributed by atoms with Crippen molar-refractivity contribution >= 4 is 23.4 Å². The van der Waals surface area contributed by atoms with Gasteiger partial charge in [-0.25, -0.2) is 0 Å². The summed E-state index contributed by atoms with van der Waals surface area (Å²) in [5.74, 6) is 0. The van der Waals surface area contributed by atoms with Crippen LogP contribution in [0.3, 0.4) is 0 Å². The summed E-state index contributed by atoms with van der Waals surface area (Å²) in [7, 11) is 0. The second-order valence-electron chi connectivity index (χ2n) is 15.0. The van der Waals surface area contributed by atoms with Gasteiger partial charge in [0, 0.05) is 0 Å². The normalized spacial score (nSPS) is 11.5. The molecule has 253 valence electrons. The van der Waals surface area contributed by atoms with Crippen molar-refractivity contribution in [3.8, 4) is 44.5 Å². The van der Waals surface area contributed by atoms with Crippen molar-refractivity contribution in [2.24, 2.45) is 4.69 Å². The summed E-state index contributed by atoms with van der Waals surface area (Å²) in [6.07, 6.45) is 0. The molecule has 50 heavy (non-hydrogen) atoms. The Labute approximate surface area is 306 Å². The molecule has 1 radical (unpaired) electrons. The molecule has 0 fully saturated rings. The van der Waals surface area contributed by atoms with Crippen LogP contribution in [0.2, 0.25) is 0 Å². The van der Waals surface area contributed by atoms with E-state index in [0.717, 1.165) is 0 Å². The molecule has 0 bridgehead atoms. The fraction of sp³-hybridized carbons (Fsp3) is 0.250. The predicted octanol–water partition coefficient (Wildman–Crippen LogP) is 11.1. The first-order chi connectivity index (χ1) is 23.7. The van der Waals surface area contributed by atoms with Gasteiger partial charge < -0.3 is 0 Å². The summed E-state index contributed by atoms with van der Waals surface area (Å²) < 4.78 is 10.8. The van der Waals surface area contributed by atoms with Gasteiger partial charge in [-0.2, -0.15) is 0 Å². The Morgan fingerprint density at radius 1 is 0.320 bits per heavy atom. The summed E-state index contributed by atoms with van der Waals surface area (Å²) in [4.78, 5) is 0. The van der Waals surface area contributed by atoms with Crippen LogP contribution >= 0.6 is 0 Å². The Morgan fingerprint density at radius 3 is 0.680 bits per heavy atom. The maximum absolute atomic E-state index is 8.16. The molecule has 0 spiro atoms. The van der Waals surface area contributed by atoms with Crippen molar-refractivity contribution in [3.05, 3.63) is 152 Å². The molecule has 0 heterocycles. The zero-order chi connectivity index (χ0) is 36.2. The molecule has 0 amide bonds. The van der Waals surface area contributed by atoms with Gasteiger partial charge in [0.15, 0.2) is 0 Å². The van der Waals surface area contributed by atoms with Gasteiger partial charge in [0.05, 0.1) is 0 Å². The molecule has 0 aromatic heterocycles. The summed E-state index contributed by atoms with van der Waals surface area (Å²) >= 11 is -2.88. The van der Waals surface area contributed by atoms with E-state index in [1.54, 1.807) is 0 Å². The first kappa shape index (κ1) is 35.6. The fourth-order valence-electron chi connectivity index (χ4n) is 9.06. The monoisotopic (exact) mass is 716 g/mol. The van der Waals surface area contributed by atoms with E-state index in [1.807, 2.05) is 0 Å². The minimum atomic E-state index is -2.88. The zero-order valence-corrected chi connectivity index (χ0v) is 34.3. The first-order valence-corrected chi connectivity index (χ1v) is 21.2. The second-order valence-corrected chi connectivity index (χ2v) is 18.8. The topological polar surface area (TPSA) is 26.0 Å². The molecule has 2 N–H and O–H groups in total. The molecule has 0 saturated carbocycles. The van der Waals surface area contributed by atoms with E-state index in [1.165, 1.54) is 120 Å². The third-order valence-corrected chi connectivity index (χ3v) is 15.0. The van der Waals surface area contributed by atoms with Crippen molar-refractivity contribution < 1.29 is 0 Å². The summed E-state index contributed by atoms with van der Waals surface area (Å²) in [6.45, 7) is 26.9. The van der Waals surface area contributed by atoms with Gasteiger partial charge in [-0.15, -0.1) is 0 Å². The number of hydrogen-bond acceptors (Lipinski definition) is 1. The molecule has 0 aliphatic carbocycles. The van der Waals surface area contributed by atoms with Crippen LogP contribution in [0, 0.1) is 83.1 Å². The molecule has 0 aliphatic rings. The third-order valence-electron chi connectivity index (χ3n) is 10.5. The van der Waals surface area contributed by atoms with Crippen molar-refractivity contribution in [3.63, 3.8) is 0 Å². The number of rotatable bonds is 6. The maximum atomic E-state index is 8.16. The molecular formula is C48H52GeN. The van der Waals surface area contributed by atoms with Crippen molar-refractivity contribution in [1.29, 1.82) is 0 Å². The fourth-order valence-corrected chi connectivity index (χ4v) is 13.8. The van der Waals surface area contributed by atoms with Gasteiger partial charge in [0.1, 0.15) is 0 Å².